The number of aromatic nitrogens is 2. The lowest BCUT2D eigenvalue weighted by Gasteiger charge is -2.19. The van der Waals surface area contributed by atoms with E-state index >= 15 is 0 Å². The van der Waals surface area contributed by atoms with Crippen molar-refractivity contribution in [2.45, 2.75) is 32.7 Å². The van der Waals surface area contributed by atoms with Crippen LogP contribution in [-0.4, -0.2) is 48.6 Å². The third-order valence-corrected chi connectivity index (χ3v) is 12.4. The minimum Gasteiger partial charge on any atom is -0.439 e. The zero-order valence-electron chi connectivity index (χ0n) is 27.7. The molecule has 4 heterocycles. The summed E-state index contributed by atoms with van der Waals surface area (Å²) in [6.45, 7) is 2.70. The van der Waals surface area contributed by atoms with Gasteiger partial charge in [0.25, 0.3) is 25.2 Å². The summed E-state index contributed by atoms with van der Waals surface area (Å²) in [5.41, 5.74) is 5.76. The highest BCUT2D eigenvalue weighted by Crippen LogP contribution is 2.44. The first kappa shape index (κ1) is 35.1. The van der Waals surface area contributed by atoms with Gasteiger partial charge in [0.05, 0.1) is 22.9 Å². The summed E-state index contributed by atoms with van der Waals surface area (Å²) in [5.74, 6) is 0.450. The number of rotatable bonds is 13. The van der Waals surface area contributed by atoms with Crippen LogP contribution in [-0.2, 0) is 26.8 Å². The highest BCUT2D eigenvalue weighted by Gasteiger charge is 2.28. The van der Waals surface area contributed by atoms with Crippen molar-refractivity contribution in [3.8, 4) is 22.6 Å². The van der Waals surface area contributed by atoms with E-state index in [1.165, 1.54) is 4.70 Å². The average Bonchev–Trinajstić information content (AvgIpc) is 3.89. The monoisotopic (exact) mass is 762 g/mol. The standard InChI is InChI=1S/C37H35N3O7S4/c1-2-26(22-37-40(18-8-20-51(44,45)46)32-24-28(12-14-35(32)49-37)38-15-5-6-16-38)21-36-39(17-7-19-50(41,42)43)31-23-27(11-13-33(31)47-36)30-25-48-34-10-4-3-9-29(30)34/h3-6,9-16,21-25H,2,7-8,17-20H2,1H3,(H-,41,42,43,44,45,46)/p+1. The molecule has 3 aromatic carbocycles. The first-order valence-corrected chi connectivity index (χ1v) is 21.4. The molecule has 3 aromatic heterocycles. The van der Waals surface area contributed by atoms with Gasteiger partial charge in [-0.1, -0.05) is 42.5 Å². The molecule has 0 spiro atoms. The van der Waals surface area contributed by atoms with Crippen molar-refractivity contribution in [3.05, 3.63) is 113 Å². The minimum absolute atomic E-state index is 0.184. The fourth-order valence-corrected chi connectivity index (χ4v) is 9.38. The molecule has 0 atom stereocenters. The second-order valence-corrected chi connectivity index (χ2v) is 17.4. The summed E-state index contributed by atoms with van der Waals surface area (Å²) in [6, 6.07) is 24.3. The number of ether oxygens (including phenoxy) is 1. The summed E-state index contributed by atoms with van der Waals surface area (Å²) in [7, 11) is -8.27. The summed E-state index contributed by atoms with van der Waals surface area (Å²) in [6.07, 6.45) is 8.99. The van der Waals surface area contributed by atoms with Crippen molar-refractivity contribution >= 4 is 75.0 Å². The predicted molar refractivity (Wildman–Crippen MR) is 205 cm³/mol. The van der Waals surface area contributed by atoms with Crippen LogP contribution < -0.4 is 14.2 Å². The van der Waals surface area contributed by atoms with Gasteiger partial charge >= 0.3 is 0 Å². The van der Waals surface area contributed by atoms with E-state index in [1.807, 2.05) is 77.3 Å². The Kier molecular flexibility index (Phi) is 9.89. The molecule has 0 amide bonds. The molecule has 6 aromatic rings. The number of thiophene rings is 1. The summed E-state index contributed by atoms with van der Waals surface area (Å²) in [4.78, 5) is 1.95. The van der Waals surface area contributed by atoms with Crippen LogP contribution in [0.15, 0.2) is 108 Å². The Morgan fingerprint density at radius 3 is 2.43 bits per heavy atom. The molecule has 10 nitrogen and oxygen atoms in total. The fraction of sp³-hybridized carbons (Fsp3) is 0.216. The Morgan fingerprint density at radius 2 is 1.67 bits per heavy atom. The molecule has 51 heavy (non-hydrogen) atoms. The van der Waals surface area contributed by atoms with E-state index in [4.69, 9.17) is 4.74 Å². The van der Waals surface area contributed by atoms with E-state index in [2.05, 4.69) is 46.4 Å². The number of allylic oxidation sites excluding steroid dienone is 2. The maximum atomic E-state index is 11.7. The van der Waals surface area contributed by atoms with Crippen LogP contribution in [0, 0.1) is 0 Å². The molecule has 2 N–H and O–H groups in total. The Balaban J connectivity index is 1.27. The van der Waals surface area contributed by atoms with E-state index in [0.717, 1.165) is 48.7 Å². The van der Waals surface area contributed by atoms with E-state index < -0.39 is 20.2 Å². The van der Waals surface area contributed by atoms with Crippen LogP contribution >= 0.6 is 22.7 Å². The smallest absolute Gasteiger partial charge is 0.265 e. The van der Waals surface area contributed by atoms with Crippen LogP contribution in [0.1, 0.15) is 31.2 Å². The van der Waals surface area contributed by atoms with Gasteiger partial charge in [-0.05, 0) is 71.8 Å². The number of thiazole rings is 1. The van der Waals surface area contributed by atoms with Crippen molar-refractivity contribution in [3.63, 3.8) is 0 Å². The summed E-state index contributed by atoms with van der Waals surface area (Å²) in [5, 5.41) is 4.19. The zero-order chi connectivity index (χ0) is 35.8. The van der Waals surface area contributed by atoms with Crippen molar-refractivity contribution in [1.82, 2.24) is 4.57 Å². The number of anilines is 1. The Hall–Kier alpha value is -4.31. The number of benzene rings is 3. The highest BCUT2D eigenvalue weighted by molar-refractivity contribution is 7.86. The molecule has 1 aliphatic heterocycles. The second kappa shape index (κ2) is 14.4. The summed E-state index contributed by atoms with van der Waals surface area (Å²) >= 11 is 3.26. The third-order valence-electron chi connectivity index (χ3n) is 8.73. The molecule has 264 valence electrons. The quantitative estimate of drug-likeness (QED) is 0.0896. The van der Waals surface area contributed by atoms with E-state index in [9.17, 15) is 25.9 Å². The summed E-state index contributed by atoms with van der Waals surface area (Å²) < 4.78 is 78.1. The lowest BCUT2D eigenvalue weighted by molar-refractivity contribution is -0.668. The van der Waals surface area contributed by atoms with Crippen molar-refractivity contribution in [2.24, 2.45) is 0 Å². The first-order valence-electron chi connectivity index (χ1n) is 16.4. The van der Waals surface area contributed by atoms with Gasteiger partial charge in [-0.2, -0.15) is 21.4 Å². The molecule has 0 bridgehead atoms. The van der Waals surface area contributed by atoms with Crippen LogP contribution in [0.5, 0.6) is 5.75 Å². The SMILES string of the molecule is CCC(/C=C1\Oc2ccc(-c3csc4ccccc34)cc2N1CCCS(=O)(=O)O)=C\c1sc2ccc(-n3cccc3)cc2[n+]1CCCS(=O)(=O)O. The normalized spacial score (nSPS) is 14.5. The van der Waals surface area contributed by atoms with E-state index in [1.54, 1.807) is 22.7 Å². The largest absolute Gasteiger partial charge is 0.439 e. The zero-order valence-corrected chi connectivity index (χ0v) is 30.9. The molecule has 7 rings (SSSR count). The lowest BCUT2D eigenvalue weighted by atomic mass is 10.0. The number of hydrogen-bond donors (Lipinski definition) is 2. The maximum absolute atomic E-state index is 11.7. The van der Waals surface area contributed by atoms with Crippen molar-refractivity contribution in [1.29, 1.82) is 0 Å². The van der Waals surface area contributed by atoms with Gasteiger partial charge in [0.1, 0.15) is 4.70 Å². The highest BCUT2D eigenvalue weighted by atomic mass is 32.2. The van der Waals surface area contributed by atoms with E-state index in [-0.39, 0.29) is 24.3 Å². The molecule has 1 aliphatic rings. The number of nitrogens with zero attached hydrogens (tertiary/aromatic N) is 3. The minimum atomic E-state index is -4.15. The third kappa shape index (κ3) is 7.96. The Morgan fingerprint density at radius 1 is 0.902 bits per heavy atom. The fourth-order valence-electron chi connectivity index (χ4n) is 6.28. The molecule has 0 unspecified atom stereocenters. The number of aryl methyl sites for hydroxylation is 1. The lowest BCUT2D eigenvalue weighted by Crippen LogP contribution is -2.36. The molecular formula is C37H36N3O7S4+. The molecule has 0 aliphatic carbocycles. The van der Waals surface area contributed by atoms with Gasteiger partial charge < -0.3 is 14.2 Å². The average molecular weight is 763 g/mol. The topological polar surface area (TPSA) is 130 Å². The van der Waals surface area contributed by atoms with Gasteiger partial charge in [-0.15, -0.1) is 11.3 Å². The van der Waals surface area contributed by atoms with Gasteiger partial charge in [-0.25, -0.2) is 0 Å². The molecule has 0 radical (unpaired) electrons. The number of hydrogen-bond acceptors (Lipinski definition) is 8. The number of fused-ring (bicyclic) bond motifs is 3. The van der Waals surface area contributed by atoms with Gasteiger partial charge in [0.2, 0.25) is 11.4 Å². The van der Waals surface area contributed by atoms with Gasteiger partial charge in [-0.3, -0.25) is 9.11 Å². The van der Waals surface area contributed by atoms with Crippen molar-refractivity contribution in [2.75, 3.05) is 23.0 Å². The van der Waals surface area contributed by atoms with E-state index in [0.29, 0.717) is 31.1 Å². The molecule has 0 fully saturated rings. The predicted octanol–water partition coefficient (Wildman–Crippen LogP) is 7.95. The molecule has 0 saturated carbocycles. The van der Waals surface area contributed by atoms with Crippen molar-refractivity contribution < 1.29 is 35.2 Å². The van der Waals surface area contributed by atoms with Crippen LogP contribution in [0.3, 0.4) is 0 Å². The Bertz CT molecular complexity index is 2520. The van der Waals surface area contributed by atoms with Gasteiger partial charge in [0.15, 0.2) is 12.3 Å². The van der Waals surface area contributed by atoms with Crippen LogP contribution in [0.4, 0.5) is 5.69 Å². The molecule has 0 saturated heterocycles. The first-order chi connectivity index (χ1) is 24.5. The van der Waals surface area contributed by atoms with Gasteiger partial charge in [0, 0.05) is 59.2 Å². The molecular weight excluding hydrogens is 727 g/mol. The maximum Gasteiger partial charge on any atom is 0.265 e. The second-order valence-electron chi connectivity index (χ2n) is 12.3. The Labute approximate surface area is 304 Å². The van der Waals surface area contributed by atoms with Crippen LogP contribution in [0.2, 0.25) is 0 Å². The molecule has 14 heteroatoms. The van der Waals surface area contributed by atoms with Crippen LogP contribution in [0.25, 0.3) is 43.2 Å².